The van der Waals surface area contributed by atoms with Crippen LogP contribution in [0.1, 0.15) is 39.0 Å². The number of rotatable bonds is 5. The van der Waals surface area contributed by atoms with Gasteiger partial charge in [-0.05, 0) is 19.3 Å². The predicted octanol–water partition coefficient (Wildman–Crippen LogP) is 2.04. The van der Waals surface area contributed by atoms with Crippen LogP contribution in [-0.2, 0) is 9.59 Å². The van der Waals surface area contributed by atoms with E-state index < -0.39 is 30.1 Å². The van der Waals surface area contributed by atoms with E-state index in [0.29, 0.717) is 19.3 Å². The number of carbonyl (C=O) groups is 2. The van der Waals surface area contributed by atoms with Crippen molar-refractivity contribution in [1.82, 2.24) is 5.32 Å². The summed E-state index contributed by atoms with van der Waals surface area (Å²) < 4.78 is 26.2. The second-order valence-electron chi connectivity index (χ2n) is 4.97. The summed E-state index contributed by atoms with van der Waals surface area (Å²) in [6.07, 6.45) is 0.608. The van der Waals surface area contributed by atoms with Gasteiger partial charge in [0.2, 0.25) is 11.8 Å². The Morgan fingerprint density at radius 3 is 2.72 bits per heavy atom. The Kier molecular flexibility index (Phi) is 5.04. The molecule has 18 heavy (non-hydrogen) atoms. The number of carboxylic acid groups (broad SMARTS) is 1. The molecule has 0 aromatic heterocycles. The molecule has 1 fully saturated rings. The van der Waals surface area contributed by atoms with E-state index in [2.05, 4.69) is 5.32 Å². The predicted molar refractivity (Wildman–Crippen MR) is 61.3 cm³/mol. The van der Waals surface area contributed by atoms with Crippen molar-refractivity contribution >= 4 is 11.9 Å². The Balaban J connectivity index is 2.30. The van der Waals surface area contributed by atoms with Crippen molar-refractivity contribution in [2.75, 3.05) is 6.54 Å². The SMILES string of the molecule is CC(CCNC(=O)C1CCCC(F)(F)C1)C(=O)O. The zero-order chi connectivity index (χ0) is 13.8. The highest BCUT2D eigenvalue weighted by Gasteiger charge is 2.38. The molecule has 0 bridgehead atoms. The van der Waals surface area contributed by atoms with E-state index in [9.17, 15) is 18.4 Å². The van der Waals surface area contributed by atoms with E-state index >= 15 is 0 Å². The molecule has 0 saturated heterocycles. The van der Waals surface area contributed by atoms with Crippen molar-refractivity contribution in [3.05, 3.63) is 0 Å². The van der Waals surface area contributed by atoms with Crippen LogP contribution in [0.3, 0.4) is 0 Å². The van der Waals surface area contributed by atoms with Crippen LogP contribution in [0.5, 0.6) is 0 Å². The van der Waals surface area contributed by atoms with Crippen molar-refractivity contribution < 1.29 is 23.5 Å². The van der Waals surface area contributed by atoms with E-state index in [1.54, 1.807) is 6.92 Å². The van der Waals surface area contributed by atoms with Gasteiger partial charge in [0.1, 0.15) is 0 Å². The van der Waals surface area contributed by atoms with Crippen LogP contribution >= 0.6 is 0 Å². The summed E-state index contributed by atoms with van der Waals surface area (Å²) >= 11 is 0. The lowest BCUT2D eigenvalue weighted by Crippen LogP contribution is -2.38. The maximum absolute atomic E-state index is 13.1. The van der Waals surface area contributed by atoms with Crippen LogP contribution in [0.15, 0.2) is 0 Å². The van der Waals surface area contributed by atoms with E-state index in [1.165, 1.54) is 0 Å². The number of nitrogens with one attached hydrogen (secondary N) is 1. The monoisotopic (exact) mass is 263 g/mol. The van der Waals surface area contributed by atoms with Crippen molar-refractivity contribution in [3.8, 4) is 0 Å². The summed E-state index contributed by atoms with van der Waals surface area (Å²) in [5.74, 6) is -5.23. The van der Waals surface area contributed by atoms with Crippen molar-refractivity contribution in [2.45, 2.75) is 45.0 Å². The Morgan fingerprint density at radius 1 is 1.50 bits per heavy atom. The molecule has 0 heterocycles. The molecule has 0 radical (unpaired) electrons. The first-order valence-corrected chi connectivity index (χ1v) is 6.20. The van der Waals surface area contributed by atoms with Crippen LogP contribution in [0, 0.1) is 11.8 Å². The topological polar surface area (TPSA) is 66.4 Å². The Hall–Kier alpha value is -1.20. The molecule has 2 atom stereocenters. The first-order chi connectivity index (χ1) is 8.32. The zero-order valence-electron chi connectivity index (χ0n) is 10.4. The molecular formula is C12H19F2NO3. The maximum Gasteiger partial charge on any atom is 0.306 e. The third-order valence-electron chi connectivity index (χ3n) is 3.31. The fourth-order valence-electron chi connectivity index (χ4n) is 2.08. The summed E-state index contributed by atoms with van der Waals surface area (Å²) in [7, 11) is 0. The fraction of sp³-hybridized carbons (Fsp3) is 0.833. The number of amides is 1. The van der Waals surface area contributed by atoms with Gasteiger partial charge in [0, 0.05) is 25.3 Å². The van der Waals surface area contributed by atoms with Crippen molar-refractivity contribution in [2.24, 2.45) is 11.8 Å². The number of hydrogen-bond acceptors (Lipinski definition) is 2. The quantitative estimate of drug-likeness (QED) is 0.797. The third-order valence-corrected chi connectivity index (χ3v) is 3.31. The molecule has 0 aromatic carbocycles. The molecule has 4 nitrogen and oxygen atoms in total. The van der Waals surface area contributed by atoms with Crippen LogP contribution < -0.4 is 5.32 Å². The fourth-order valence-corrected chi connectivity index (χ4v) is 2.08. The molecule has 1 amide bonds. The largest absolute Gasteiger partial charge is 0.481 e. The van der Waals surface area contributed by atoms with Crippen LogP contribution in [0.2, 0.25) is 0 Å². The highest BCUT2D eigenvalue weighted by Crippen LogP contribution is 2.36. The summed E-state index contributed by atoms with van der Waals surface area (Å²) in [6, 6.07) is 0. The third kappa shape index (κ3) is 4.58. The van der Waals surface area contributed by atoms with Gasteiger partial charge < -0.3 is 10.4 Å². The van der Waals surface area contributed by atoms with E-state index in [0.717, 1.165) is 0 Å². The van der Waals surface area contributed by atoms with Crippen LogP contribution in [0.25, 0.3) is 0 Å². The zero-order valence-corrected chi connectivity index (χ0v) is 10.4. The summed E-state index contributed by atoms with van der Waals surface area (Å²) in [4.78, 5) is 22.2. The van der Waals surface area contributed by atoms with Gasteiger partial charge in [-0.15, -0.1) is 0 Å². The van der Waals surface area contributed by atoms with Gasteiger partial charge in [0.25, 0.3) is 0 Å². The number of alkyl halides is 2. The summed E-state index contributed by atoms with van der Waals surface area (Å²) in [6.45, 7) is 1.76. The van der Waals surface area contributed by atoms with E-state index in [1.807, 2.05) is 0 Å². The van der Waals surface area contributed by atoms with E-state index in [-0.39, 0.29) is 18.9 Å². The van der Waals surface area contributed by atoms with E-state index in [4.69, 9.17) is 5.11 Å². The van der Waals surface area contributed by atoms with Crippen molar-refractivity contribution in [3.63, 3.8) is 0 Å². The molecule has 1 aliphatic rings. The first kappa shape index (κ1) is 14.9. The molecular weight excluding hydrogens is 244 g/mol. The molecule has 2 unspecified atom stereocenters. The molecule has 1 rings (SSSR count). The number of aliphatic carboxylic acids is 1. The Labute approximate surface area is 105 Å². The molecule has 1 saturated carbocycles. The normalized spacial score (nSPS) is 24.3. The first-order valence-electron chi connectivity index (χ1n) is 6.20. The standard InChI is InChI=1S/C12H19F2NO3/c1-8(11(17)18)4-6-15-10(16)9-3-2-5-12(13,14)7-9/h8-9H,2-7H2,1H3,(H,15,16)(H,17,18). The summed E-state index contributed by atoms with van der Waals surface area (Å²) in [5, 5.41) is 11.2. The molecule has 0 aromatic rings. The number of hydrogen-bond donors (Lipinski definition) is 2. The van der Waals surface area contributed by atoms with Gasteiger partial charge in [-0.2, -0.15) is 0 Å². The second-order valence-corrected chi connectivity index (χ2v) is 4.97. The van der Waals surface area contributed by atoms with Crippen LogP contribution in [-0.4, -0.2) is 29.5 Å². The van der Waals surface area contributed by atoms with Crippen molar-refractivity contribution in [1.29, 1.82) is 0 Å². The number of carboxylic acids is 1. The van der Waals surface area contributed by atoms with Gasteiger partial charge in [-0.25, -0.2) is 8.78 Å². The summed E-state index contributed by atoms with van der Waals surface area (Å²) in [5.41, 5.74) is 0. The molecule has 0 aliphatic heterocycles. The smallest absolute Gasteiger partial charge is 0.306 e. The van der Waals surface area contributed by atoms with Gasteiger partial charge in [0.05, 0.1) is 5.92 Å². The average molecular weight is 263 g/mol. The molecule has 2 N–H and O–H groups in total. The van der Waals surface area contributed by atoms with Gasteiger partial charge in [0.15, 0.2) is 0 Å². The molecule has 0 spiro atoms. The molecule has 1 aliphatic carbocycles. The Morgan fingerprint density at radius 2 is 2.17 bits per heavy atom. The molecule has 104 valence electrons. The second kappa shape index (κ2) is 6.11. The minimum Gasteiger partial charge on any atom is -0.481 e. The van der Waals surface area contributed by atoms with Gasteiger partial charge in [-0.1, -0.05) is 6.92 Å². The molecule has 6 heteroatoms. The number of halogens is 2. The Bertz CT molecular complexity index is 320. The highest BCUT2D eigenvalue weighted by atomic mass is 19.3. The maximum atomic E-state index is 13.1. The van der Waals surface area contributed by atoms with Crippen LogP contribution in [0.4, 0.5) is 8.78 Å². The lowest BCUT2D eigenvalue weighted by Gasteiger charge is -2.28. The van der Waals surface area contributed by atoms with Gasteiger partial charge in [-0.3, -0.25) is 9.59 Å². The lowest BCUT2D eigenvalue weighted by atomic mass is 9.86. The number of carbonyl (C=O) groups excluding carboxylic acids is 1. The minimum atomic E-state index is -2.74. The lowest BCUT2D eigenvalue weighted by molar-refractivity contribution is -0.141. The highest BCUT2D eigenvalue weighted by molar-refractivity contribution is 5.78. The average Bonchev–Trinajstić information content (AvgIpc) is 2.27. The minimum absolute atomic E-state index is 0.146. The van der Waals surface area contributed by atoms with Gasteiger partial charge >= 0.3 is 5.97 Å².